The third kappa shape index (κ3) is 6.10. The van der Waals surface area contributed by atoms with Crippen molar-refractivity contribution in [2.45, 2.75) is 43.5 Å². The predicted octanol–water partition coefficient (Wildman–Crippen LogP) is 6.33. The number of ether oxygens (including phenoxy) is 2. The summed E-state index contributed by atoms with van der Waals surface area (Å²) in [5.41, 5.74) is 2.38. The molecule has 0 bridgehead atoms. The van der Waals surface area contributed by atoms with Crippen LogP contribution in [-0.4, -0.2) is 32.3 Å². The van der Waals surface area contributed by atoms with E-state index >= 15 is 0 Å². The smallest absolute Gasteiger partial charge is 0.462 e. The second-order valence-electron chi connectivity index (χ2n) is 9.32. The van der Waals surface area contributed by atoms with E-state index in [4.69, 9.17) is 4.74 Å². The van der Waals surface area contributed by atoms with Gasteiger partial charge in [-0.05, 0) is 78.6 Å². The van der Waals surface area contributed by atoms with Gasteiger partial charge in [-0.3, -0.25) is 4.98 Å². The van der Waals surface area contributed by atoms with E-state index in [2.05, 4.69) is 14.4 Å². The Bertz CT molecular complexity index is 1670. The van der Waals surface area contributed by atoms with Crippen LogP contribution in [0.15, 0.2) is 77.8 Å². The van der Waals surface area contributed by atoms with Crippen LogP contribution in [0.1, 0.15) is 47.2 Å². The molecule has 1 N–H and O–H groups in total. The lowest BCUT2D eigenvalue weighted by Crippen LogP contribution is -2.24. The molecule has 5 rings (SSSR count). The third-order valence-corrected chi connectivity index (χ3v) is 7.94. The van der Waals surface area contributed by atoms with Crippen molar-refractivity contribution < 1.29 is 35.9 Å². The molecule has 4 aromatic rings. The molecule has 0 unspecified atom stereocenters. The van der Waals surface area contributed by atoms with Gasteiger partial charge in [-0.25, -0.2) is 17.9 Å². The molecular weight excluding hydrogens is 545 g/mol. The number of aromatic nitrogens is 1. The number of nitrogens with zero attached hydrogens (tertiary/aromatic N) is 1. The van der Waals surface area contributed by atoms with Crippen molar-refractivity contribution in [2.75, 3.05) is 6.61 Å². The molecule has 7 nitrogen and oxygen atoms in total. The predicted molar refractivity (Wildman–Crippen MR) is 142 cm³/mol. The molecule has 0 atom stereocenters. The number of pyridine rings is 1. The number of rotatable bonds is 9. The highest BCUT2D eigenvalue weighted by molar-refractivity contribution is 7.89. The van der Waals surface area contributed by atoms with Gasteiger partial charge in [0.05, 0.1) is 22.8 Å². The SMILES string of the molecule is CCOC(=O)c1ccc(S(=O)(=O)NCc2ccc(OC(F)(F)F)cc2-c2ncc3ccccc3c2C2CC2)cc1. The molecule has 0 spiro atoms. The van der Waals surface area contributed by atoms with Crippen LogP contribution >= 0.6 is 0 Å². The van der Waals surface area contributed by atoms with Crippen molar-refractivity contribution in [1.82, 2.24) is 9.71 Å². The average Bonchev–Trinajstić information content (AvgIpc) is 3.76. The van der Waals surface area contributed by atoms with Crippen molar-refractivity contribution in [2.24, 2.45) is 0 Å². The fourth-order valence-corrected chi connectivity index (χ4v) is 5.56. The minimum atomic E-state index is -4.90. The first-order chi connectivity index (χ1) is 19.1. The van der Waals surface area contributed by atoms with Gasteiger partial charge in [0, 0.05) is 23.7 Å². The third-order valence-electron chi connectivity index (χ3n) is 6.52. The summed E-state index contributed by atoms with van der Waals surface area (Å²) in [6.45, 7) is 1.63. The van der Waals surface area contributed by atoms with Crippen LogP contribution in [-0.2, 0) is 21.3 Å². The fraction of sp³-hybridized carbons (Fsp3) is 0.241. The first kappa shape index (κ1) is 27.6. The Morgan fingerprint density at radius 3 is 2.45 bits per heavy atom. The molecule has 1 fully saturated rings. The van der Waals surface area contributed by atoms with Crippen LogP contribution in [0.5, 0.6) is 5.75 Å². The van der Waals surface area contributed by atoms with Gasteiger partial charge in [-0.2, -0.15) is 0 Å². The highest BCUT2D eigenvalue weighted by atomic mass is 32.2. The number of sulfonamides is 1. The van der Waals surface area contributed by atoms with Gasteiger partial charge in [0.1, 0.15) is 5.75 Å². The molecule has 3 aromatic carbocycles. The molecule has 0 radical (unpaired) electrons. The molecule has 1 saturated carbocycles. The van der Waals surface area contributed by atoms with Gasteiger partial charge in [0.2, 0.25) is 10.0 Å². The maximum atomic E-state index is 13.1. The number of esters is 1. The zero-order chi connectivity index (χ0) is 28.5. The van der Waals surface area contributed by atoms with E-state index in [9.17, 15) is 26.4 Å². The van der Waals surface area contributed by atoms with E-state index in [-0.39, 0.29) is 29.5 Å². The molecule has 1 aromatic heterocycles. The normalized spacial score (nSPS) is 13.8. The standard InChI is InChI=1S/C29H25F3N2O5S/c1-2-38-28(35)19-10-13-23(14-11-19)40(36,37)34-17-21-9-12-22(39-29(30,31)32)15-25(21)27-26(18-7-8-18)24-6-4-3-5-20(24)16-33-27/h3-6,9-16,18,34H,2,7-8,17H2,1H3. The van der Waals surface area contributed by atoms with Crippen LogP contribution in [0.25, 0.3) is 22.0 Å². The summed E-state index contributed by atoms with van der Waals surface area (Å²) in [6, 6.07) is 16.7. The van der Waals surface area contributed by atoms with Crippen molar-refractivity contribution in [1.29, 1.82) is 0 Å². The lowest BCUT2D eigenvalue weighted by Gasteiger charge is -2.18. The van der Waals surface area contributed by atoms with Gasteiger partial charge in [-0.1, -0.05) is 30.3 Å². The average molecular weight is 571 g/mol. The molecule has 40 heavy (non-hydrogen) atoms. The summed E-state index contributed by atoms with van der Waals surface area (Å²) in [5, 5.41) is 1.86. The Kier molecular flexibility index (Phi) is 7.52. The Balaban J connectivity index is 1.51. The van der Waals surface area contributed by atoms with E-state index in [1.807, 2.05) is 24.3 Å². The van der Waals surface area contributed by atoms with Gasteiger partial charge in [-0.15, -0.1) is 13.2 Å². The van der Waals surface area contributed by atoms with E-state index in [0.717, 1.165) is 35.2 Å². The minimum absolute atomic E-state index is 0.0818. The van der Waals surface area contributed by atoms with Crippen molar-refractivity contribution >= 4 is 26.8 Å². The van der Waals surface area contributed by atoms with Crippen LogP contribution in [0.3, 0.4) is 0 Å². The van der Waals surface area contributed by atoms with Crippen LogP contribution < -0.4 is 9.46 Å². The monoisotopic (exact) mass is 570 g/mol. The molecule has 0 aliphatic heterocycles. The van der Waals surface area contributed by atoms with Gasteiger partial charge in [0.25, 0.3) is 0 Å². The molecule has 1 aliphatic carbocycles. The van der Waals surface area contributed by atoms with Crippen molar-refractivity contribution in [3.8, 4) is 17.0 Å². The first-order valence-electron chi connectivity index (χ1n) is 12.6. The van der Waals surface area contributed by atoms with Gasteiger partial charge in [0.15, 0.2) is 0 Å². The number of halogens is 3. The van der Waals surface area contributed by atoms with Crippen LogP contribution in [0.2, 0.25) is 0 Å². The molecule has 0 amide bonds. The summed E-state index contributed by atoms with van der Waals surface area (Å²) >= 11 is 0. The highest BCUT2D eigenvalue weighted by Gasteiger charge is 2.33. The largest absolute Gasteiger partial charge is 0.573 e. The van der Waals surface area contributed by atoms with Gasteiger partial charge < -0.3 is 9.47 Å². The first-order valence-corrected chi connectivity index (χ1v) is 14.1. The number of alkyl halides is 3. The Morgan fingerprint density at radius 2 is 1.77 bits per heavy atom. The maximum Gasteiger partial charge on any atom is 0.573 e. The number of benzene rings is 3. The maximum absolute atomic E-state index is 13.1. The van der Waals surface area contributed by atoms with E-state index in [0.29, 0.717) is 16.8 Å². The summed E-state index contributed by atoms with van der Waals surface area (Å²) in [6.07, 6.45) is -1.39. The second-order valence-corrected chi connectivity index (χ2v) is 11.1. The number of carbonyl (C=O) groups is 1. The van der Waals surface area contributed by atoms with E-state index < -0.39 is 28.1 Å². The number of fused-ring (bicyclic) bond motifs is 1. The number of nitrogens with one attached hydrogen (secondary N) is 1. The zero-order valence-electron chi connectivity index (χ0n) is 21.4. The minimum Gasteiger partial charge on any atom is -0.462 e. The Hall–Kier alpha value is -3.96. The lowest BCUT2D eigenvalue weighted by atomic mass is 9.94. The fourth-order valence-electron chi connectivity index (χ4n) is 4.55. The van der Waals surface area contributed by atoms with Gasteiger partial charge >= 0.3 is 12.3 Å². The molecule has 11 heteroatoms. The Labute approximate surface area is 229 Å². The van der Waals surface area contributed by atoms with Crippen molar-refractivity contribution in [3.05, 3.63) is 89.6 Å². The summed E-state index contributed by atoms with van der Waals surface area (Å²) in [7, 11) is -4.03. The molecule has 1 aliphatic rings. The van der Waals surface area contributed by atoms with E-state index in [1.165, 1.54) is 36.4 Å². The summed E-state index contributed by atoms with van der Waals surface area (Å²) in [4.78, 5) is 16.4. The number of hydrogen-bond acceptors (Lipinski definition) is 6. The molecule has 208 valence electrons. The number of hydrogen-bond donors (Lipinski definition) is 1. The van der Waals surface area contributed by atoms with E-state index in [1.54, 1.807) is 13.1 Å². The van der Waals surface area contributed by atoms with Crippen LogP contribution in [0.4, 0.5) is 13.2 Å². The summed E-state index contributed by atoms with van der Waals surface area (Å²) < 4.78 is 76.9. The quantitative estimate of drug-likeness (QED) is 0.236. The molecule has 0 saturated heterocycles. The molecule has 1 heterocycles. The molecular formula is C29H25F3N2O5S. The number of carbonyl (C=O) groups excluding carboxylic acids is 1. The Morgan fingerprint density at radius 1 is 1.05 bits per heavy atom. The van der Waals surface area contributed by atoms with Crippen molar-refractivity contribution in [3.63, 3.8) is 0 Å². The topological polar surface area (TPSA) is 94.6 Å². The zero-order valence-corrected chi connectivity index (χ0v) is 22.2. The second kappa shape index (κ2) is 10.9. The van der Waals surface area contributed by atoms with Crippen LogP contribution in [0, 0.1) is 0 Å². The lowest BCUT2D eigenvalue weighted by molar-refractivity contribution is -0.274. The summed E-state index contributed by atoms with van der Waals surface area (Å²) in [5.74, 6) is -0.803. The highest BCUT2D eigenvalue weighted by Crippen LogP contribution is 2.47.